The Kier molecular flexibility index (Phi) is 8.15. The van der Waals surface area contributed by atoms with Crippen LogP contribution in [0.15, 0.2) is 0 Å². The molecule has 0 heterocycles. The van der Waals surface area contributed by atoms with Crippen LogP contribution in [0, 0.1) is 34.5 Å². The zero-order chi connectivity index (χ0) is 24.6. The second kappa shape index (κ2) is 10.0. The molecule has 190 valence electrons. The highest BCUT2D eigenvalue weighted by molar-refractivity contribution is 5.92. The highest BCUT2D eigenvalue weighted by Gasteiger charge is 2.68. The number of carbonyl (C=O) groups excluding carboxylic acids is 2. The van der Waals surface area contributed by atoms with Crippen molar-refractivity contribution < 1.29 is 24.9 Å². The van der Waals surface area contributed by atoms with Gasteiger partial charge in [0.25, 0.3) is 0 Å². The Morgan fingerprint density at radius 3 is 2.21 bits per heavy atom. The molecule has 0 aliphatic heterocycles. The summed E-state index contributed by atoms with van der Waals surface area (Å²) in [5, 5.41) is 30.6. The minimum Gasteiger partial charge on any atom is -0.393 e. The molecule has 0 amide bonds. The van der Waals surface area contributed by atoms with Crippen LogP contribution in [0.25, 0.3) is 0 Å². The van der Waals surface area contributed by atoms with E-state index in [4.69, 9.17) is 0 Å². The van der Waals surface area contributed by atoms with Crippen LogP contribution in [0.3, 0.4) is 0 Å². The van der Waals surface area contributed by atoms with Crippen molar-refractivity contribution in [2.24, 2.45) is 34.5 Å². The lowest BCUT2D eigenvalue weighted by Crippen LogP contribution is -2.62. The minimum atomic E-state index is -1.58. The van der Waals surface area contributed by atoms with Gasteiger partial charge in [-0.1, -0.05) is 34.6 Å². The fourth-order valence-electron chi connectivity index (χ4n) is 8.31. The lowest BCUT2D eigenvalue weighted by Gasteiger charge is -2.60. The van der Waals surface area contributed by atoms with E-state index in [-0.39, 0.29) is 41.5 Å². The van der Waals surface area contributed by atoms with Crippen molar-refractivity contribution in [3.8, 4) is 0 Å². The van der Waals surface area contributed by atoms with Gasteiger partial charge in [0.1, 0.15) is 18.0 Å². The van der Waals surface area contributed by atoms with Crippen LogP contribution in [-0.2, 0) is 9.59 Å². The van der Waals surface area contributed by atoms with Gasteiger partial charge in [0.2, 0.25) is 0 Å². The van der Waals surface area contributed by atoms with E-state index in [1.165, 1.54) is 19.6 Å². The molecular weight excluding hydrogens is 418 g/mol. The first-order valence-corrected chi connectivity index (χ1v) is 13.3. The molecule has 4 aliphatic rings. The smallest absolute Gasteiger partial charge is 0.190 e. The van der Waals surface area contributed by atoms with Gasteiger partial charge in [-0.2, -0.15) is 0 Å². The molecule has 0 unspecified atom stereocenters. The van der Waals surface area contributed by atoms with E-state index in [1.807, 2.05) is 6.92 Å². The van der Waals surface area contributed by atoms with E-state index in [1.54, 1.807) is 0 Å². The summed E-state index contributed by atoms with van der Waals surface area (Å²) in [4.78, 5) is 28.1. The van der Waals surface area contributed by atoms with E-state index in [9.17, 15) is 24.9 Å². The number of carbonyl (C=O) groups is 2. The molecule has 6 nitrogen and oxygen atoms in total. The number of Topliss-reactive ketones (excluding diaryl/α,β-unsaturated/α-hetero) is 2. The monoisotopic (exact) mass is 465 g/mol. The lowest BCUT2D eigenvalue weighted by atomic mass is 9.44. The van der Waals surface area contributed by atoms with E-state index >= 15 is 0 Å². The molecule has 0 aromatic rings. The van der Waals surface area contributed by atoms with Crippen LogP contribution in [0.2, 0.25) is 0 Å². The molecule has 8 atom stereocenters. The van der Waals surface area contributed by atoms with E-state index in [0.717, 1.165) is 38.5 Å². The van der Waals surface area contributed by atoms with Gasteiger partial charge in [0.05, 0.1) is 6.10 Å². The van der Waals surface area contributed by atoms with Crippen molar-refractivity contribution in [1.82, 2.24) is 4.90 Å². The predicted octanol–water partition coefficient (Wildman–Crippen LogP) is 3.21. The molecule has 4 aliphatic carbocycles. The third kappa shape index (κ3) is 4.34. The molecule has 0 saturated heterocycles. The van der Waals surface area contributed by atoms with Crippen LogP contribution >= 0.6 is 0 Å². The summed E-state index contributed by atoms with van der Waals surface area (Å²) in [6.45, 7) is 13.6. The number of rotatable bonds is 5. The zero-order valence-corrected chi connectivity index (χ0v) is 21.5. The number of aliphatic hydroxyl groups excluding tert-OH is 2. The van der Waals surface area contributed by atoms with Gasteiger partial charge in [0.15, 0.2) is 5.78 Å². The molecule has 3 N–H and O–H groups in total. The maximum Gasteiger partial charge on any atom is 0.190 e. The molecular formula is C27H47NO5. The maximum absolute atomic E-state index is 13.4. The Labute approximate surface area is 200 Å². The number of hydrogen-bond donors (Lipinski definition) is 3. The zero-order valence-electron chi connectivity index (χ0n) is 21.5. The highest BCUT2D eigenvalue weighted by atomic mass is 16.3. The van der Waals surface area contributed by atoms with Crippen molar-refractivity contribution in [1.29, 1.82) is 0 Å². The molecule has 4 saturated carbocycles. The standard InChI is InChI=1S/C21H32O5.C6H15N/c1-19-7-5-13(23)9-12(19)3-4-14-15-6-8-21(26,17(25)11-22)20(15,2)10-16(24)18(14)19;1-4-7(5-2)6-3/h12-15,18,22-23,26H,3-11H2,1-2H3;4-6H2,1-3H3/t12-,13-,14+,15+,18-,19+,20+,21+;/m1./s1. The van der Waals surface area contributed by atoms with Gasteiger partial charge in [-0.15, -0.1) is 0 Å². The second-order valence-corrected chi connectivity index (χ2v) is 11.6. The summed E-state index contributed by atoms with van der Waals surface area (Å²) in [7, 11) is 0. The number of aliphatic hydroxyl groups is 3. The first-order chi connectivity index (χ1) is 15.5. The number of ketones is 2. The Balaban J connectivity index is 0.000000383. The summed E-state index contributed by atoms with van der Waals surface area (Å²) in [6, 6.07) is 0. The first-order valence-electron chi connectivity index (χ1n) is 13.3. The fourth-order valence-corrected chi connectivity index (χ4v) is 8.31. The molecule has 0 aromatic heterocycles. The molecule has 0 radical (unpaired) electrons. The van der Waals surface area contributed by atoms with Gasteiger partial charge < -0.3 is 20.2 Å². The van der Waals surface area contributed by atoms with Crippen LogP contribution in [0.4, 0.5) is 0 Å². The largest absolute Gasteiger partial charge is 0.393 e. The first kappa shape index (κ1) is 26.8. The third-order valence-electron chi connectivity index (χ3n) is 10.4. The SMILES string of the molecule is CCN(CC)CC.C[C@]12CC[C@@H](O)C[C@H]1CC[C@@H]1[C@@H]2C(=O)C[C@@]2(C)[C@H]1CC[C@]2(O)C(=O)CO. The Morgan fingerprint density at radius 1 is 1.03 bits per heavy atom. The molecule has 33 heavy (non-hydrogen) atoms. The van der Waals surface area contributed by atoms with Crippen LogP contribution in [0.1, 0.15) is 86.0 Å². The van der Waals surface area contributed by atoms with Crippen molar-refractivity contribution in [3.63, 3.8) is 0 Å². The summed E-state index contributed by atoms with van der Waals surface area (Å²) < 4.78 is 0. The normalized spacial score (nSPS) is 44.4. The second-order valence-electron chi connectivity index (χ2n) is 11.6. The van der Waals surface area contributed by atoms with Crippen molar-refractivity contribution in [2.45, 2.75) is 97.7 Å². The van der Waals surface area contributed by atoms with Gasteiger partial charge in [-0.25, -0.2) is 0 Å². The van der Waals surface area contributed by atoms with Crippen molar-refractivity contribution in [3.05, 3.63) is 0 Å². The quantitative estimate of drug-likeness (QED) is 0.577. The topological polar surface area (TPSA) is 98.1 Å². The maximum atomic E-state index is 13.4. The van der Waals surface area contributed by atoms with Gasteiger partial charge in [-0.3, -0.25) is 9.59 Å². The van der Waals surface area contributed by atoms with Gasteiger partial charge in [0, 0.05) is 17.8 Å². The average molecular weight is 466 g/mol. The summed E-state index contributed by atoms with van der Waals surface area (Å²) in [5.41, 5.74) is -2.40. The molecule has 6 heteroatoms. The van der Waals surface area contributed by atoms with Crippen LogP contribution < -0.4 is 0 Å². The molecule has 4 rings (SSSR count). The molecule has 0 aromatic carbocycles. The molecule has 0 spiro atoms. The Morgan fingerprint density at radius 2 is 1.67 bits per heavy atom. The predicted molar refractivity (Wildman–Crippen MR) is 129 cm³/mol. The highest BCUT2D eigenvalue weighted by Crippen LogP contribution is 2.67. The number of fused-ring (bicyclic) bond motifs is 5. The fraction of sp³-hybridized carbons (Fsp3) is 0.926. The third-order valence-corrected chi connectivity index (χ3v) is 10.4. The molecule has 4 fully saturated rings. The lowest BCUT2D eigenvalue weighted by molar-refractivity contribution is -0.180. The van der Waals surface area contributed by atoms with Crippen molar-refractivity contribution >= 4 is 11.6 Å². The summed E-state index contributed by atoms with van der Waals surface area (Å²) in [5.74, 6) is 0.380. The summed E-state index contributed by atoms with van der Waals surface area (Å²) in [6.07, 6.45) is 5.47. The average Bonchev–Trinajstić information content (AvgIpc) is 3.06. The van der Waals surface area contributed by atoms with Crippen molar-refractivity contribution in [2.75, 3.05) is 26.2 Å². The van der Waals surface area contributed by atoms with E-state index in [0.29, 0.717) is 12.3 Å². The number of nitrogens with zero attached hydrogens (tertiary/aromatic N) is 1. The van der Waals surface area contributed by atoms with Crippen LogP contribution in [-0.4, -0.2) is 69.7 Å². The van der Waals surface area contributed by atoms with E-state index < -0.39 is 23.4 Å². The minimum absolute atomic E-state index is 0.0154. The number of hydrogen-bond acceptors (Lipinski definition) is 6. The Hall–Kier alpha value is -0.820. The van der Waals surface area contributed by atoms with Gasteiger partial charge in [-0.05, 0) is 87.7 Å². The van der Waals surface area contributed by atoms with E-state index in [2.05, 4.69) is 32.6 Å². The molecule has 0 bridgehead atoms. The Bertz CT molecular complexity index is 718. The summed E-state index contributed by atoms with van der Waals surface area (Å²) >= 11 is 0. The van der Waals surface area contributed by atoms with Crippen LogP contribution in [0.5, 0.6) is 0 Å². The van der Waals surface area contributed by atoms with Gasteiger partial charge >= 0.3 is 0 Å².